The second-order valence-electron chi connectivity index (χ2n) is 4.89. The fourth-order valence-electron chi connectivity index (χ4n) is 2.16. The van der Waals surface area contributed by atoms with Crippen molar-refractivity contribution in [2.75, 3.05) is 0 Å². The second kappa shape index (κ2) is 5.28. The van der Waals surface area contributed by atoms with Crippen LogP contribution in [-0.2, 0) is 12.7 Å². The van der Waals surface area contributed by atoms with Crippen LogP contribution in [-0.4, -0.2) is 9.78 Å². The first-order valence-electron chi connectivity index (χ1n) is 6.21. The van der Waals surface area contributed by atoms with E-state index in [1.807, 2.05) is 32.0 Å². The standard InChI is InChI=1S/C14H16F3N3/c1-9-3-4-11(10(2)7-9)12(18)8-20-6-5-13(19-20)14(15,16)17/h3-7,12H,8,18H2,1-2H3. The molecule has 1 heterocycles. The molecule has 3 nitrogen and oxygen atoms in total. The van der Waals surface area contributed by atoms with E-state index in [-0.39, 0.29) is 6.54 Å². The summed E-state index contributed by atoms with van der Waals surface area (Å²) in [5.74, 6) is 0. The maximum atomic E-state index is 12.5. The van der Waals surface area contributed by atoms with Gasteiger partial charge in [-0.2, -0.15) is 18.3 Å². The fourth-order valence-corrected chi connectivity index (χ4v) is 2.16. The van der Waals surface area contributed by atoms with Crippen molar-refractivity contribution in [2.24, 2.45) is 5.73 Å². The molecule has 0 saturated carbocycles. The van der Waals surface area contributed by atoms with Gasteiger partial charge in [-0.25, -0.2) is 0 Å². The van der Waals surface area contributed by atoms with Crippen molar-refractivity contribution in [2.45, 2.75) is 32.6 Å². The van der Waals surface area contributed by atoms with Gasteiger partial charge in [0.15, 0.2) is 5.69 Å². The minimum atomic E-state index is -4.42. The first-order chi connectivity index (χ1) is 9.27. The molecule has 108 valence electrons. The predicted molar refractivity (Wildman–Crippen MR) is 70.1 cm³/mol. The number of nitrogens with two attached hydrogens (primary N) is 1. The molecule has 0 aliphatic rings. The number of rotatable bonds is 3. The lowest BCUT2D eigenvalue weighted by molar-refractivity contribution is -0.141. The van der Waals surface area contributed by atoms with Gasteiger partial charge in [0.2, 0.25) is 0 Å². The van der Waals surface area contributed by atoms with Crippen molar-refractivity contribution < 1.29 is 13.2 Å². The van der Waals surface area contributed by atoms with Gasteiger partial charge >= 0.3 is 6.18 Å². The number of aromatic nitrogens is 2. The van der Waals surface area contributed by atoms with Gasteiger partial charge in [0, 0.05) is 12.2 Å². The van der Waals surface area contributed by atoms with Gasteiger partial charge in [0.05, 0.1) is 6.54 Å². The largest absolute Gasteiger partial charge is 0.435 e. The summed E-state index contributed by atoms with van der Waals surface area (Å²) < 4.78 is 38.6. The molecule has 20 heavy (non-hydrogen) atoms. The quantitative estimate of drug-likeness (QED) is 0.940. The van der Waals surface area contributed by atoms with E-state index in [9.17, 15) is 13.2 Å². The molecule has 0 spiro atoms. The van der Waals surface area contributed by atoms with Gasteiger partial charge < -0.3 is 5.73 Å². The first-order valence-corrected chi connectivity index (χ1v) is 6.21. The summed E-state index contributed by atoms with van der Waals surface area (Å²) in [6.07, 6.45) is -3.12. The topological polar surface area (TPSA) is 43.8 Å². The highest BCUT2D eigenvalue weighted by atomic mass is 19.4. The zero-order valence-electron chi connectivity index (χ0n) is 11.3. The molecule has 2 aromatic rings. The third-order valence-electron chi connectivity index (χ3n) is 3.14. The van der Waals surface area contributed by atoms with Gasteiger partial charge in [0.25, 0.3) is 0 Å². The van der Waals surface area contributed by atoms with E-state index in [1.54, 1.807) is 0 Å². The molecule has 2 N–H and O–H groups in total. The van der Waals surface area contributed by atoms with Crippen LogP contribution in [0.3, 0.4) is 0 Å². The van der Waals surface area contributed by atoms with E-state index in [0.717, 1.165) is 22.8 Å². The predicted octanol–water partition coefficient (Wildman–Crippen LogP) is 3.22. The number of aryl methyl sites for hydroxylation is 2. The summed E-state index contributed by atoms with van der Waals surface area (Å²) in [4.78, 5) is 0. The number of hydrogen-bond acceptors (Lipinski definition) is 2. The van der Waals surface area contributed by atoms with Crippen molar-refractivity contribution in [3.05, 3.63) is 52.8 Å². The third-order valence-corrected chi connectivity index (χ3v) is 3.14. The molecule has 0 fully saturated rings. The van der Waals surface area contributed by atoms with Crippen LogP contribution in [0.5, 0.6) is 0 Å². The number of alkyl halides is 3. The average Bonchev–Trinajstić information content (AvgIpc) is 2.76. The maximum Gasteiger partial charge on any atom is 0.435 e. The Morgan fingerprint density at radius 1 is 1.25 bits per heavy atom. The van der Waals surface area contributed by atoms with Crippen molar-refractivity contribution in [3.63, 3.8) is 0 Å². The monoisotopic (exact) mass is 283 g/mol. The van der Waals surface area contributed by atoms with Crippen LogP contribution in [0.15, 0.2) is 30.5 Å². The second-order valence-corrected chi connectivity index (χ2v) is 4.89. The van der Waals surface area contributed by atoms with Gasteiger partial charge in [0.1, 0.15) is 0 Å². The van der Waals surface area contributed by atoms with Crippen molar-refractivity contribution >= 4 is 0 Å². The summed E-state index contributed by atoms with van der Waals surface area (Å²) >= 11 is 0. The lowest BCUT2D eigenvalue weighted by Gasteiger charge is -2.15. The molecule has 1 aromatic carbocycles. The molecule has 0 aliphatic heterocycles. The van der Waals surface area contributed by atoms with Gasteiger partial charge in [-0.05, 0) is 31.0 Å². The number of benzene rings is 1. The van der Waals surface area contributed by atoms with Gasteiger partial charge in [-0.1, -0.05) is 23.8 Å². The van der Waals surface area contributed by atoms with E-state index in [0.29, 0.717) is 0 Å². The summed E-state index contributed by atoms with van der Waals surface area (Å²) in [5, 5.41) is 3.51. The molecule has 0 radical (unpaired) electrons. The Kier molecular flexibility index (Phi) is 3.85. The van der Waals surface area contributed by atoms with Crippen molar-refractivity contribution in [3.8, 4) is 0 Å². The van der Waals surface area contributed by atoms with E-state index < -0.39 is 17.9 Å². The summed E-state index contributed by atoms with van der Waals surface area (Å²) in [5.41, 5.74) is 8.22. The molecular formula is C14H16F3N3. The number of nitrogens with zero attached hydrogens (tertiary/aromatic N) is 2. The van der Waals surface area contributed by atoms with E-state index in [2.05, 4.69) is 5.10 Å². The normalized spacial score (nSPS) is 13.5. The smallest absolute Gasteiger partial charge is 0.322 e. The van der Waals surface area contributed by atoms with E-state index in [1.165, 1.54) is 10.9 Å². The van der Waals surface area contributed by atoms with Crippen LogP contribution in [0.25, 0.3) is 0 Å². The van der Waals surface area contributed by atoms with Crippen LogP contribution < -0.4 is 5.73 Å². The Labute approximate surface area is 115 Å². The van der Waals surface area contributed by atoms with Crippen LogP contribution in [0.1, 0.15) is 28.4 Å². The fraction of sp³-hybridized carbons (Fsp3) is 0.357. The molecule has 6 heteroatoms. The number of halogens is 3. The summed E-state index contributed by atoms with van der Waals surface area (Å²) in [6.45, 7) is 4.12. The maximum absolute atomic E-state index is 12.5. The van der Waals surface area contributed by atoms with Crippen LogP contribution in [0.4, 0.5) is 13.2 Å². The Morgan fingerprint density at radius 3 is 2.50 bits per heavy atom. The molecule has 0 bridgehead atoms. The minimum absolute atomic E-state index is 0.208. The Balaban J connectivity index is 2.15. The molecule has 1 atom stereocenters. The van der Waals surface area contributed by atoms with Crippen molar-refractivity contribution in [1.82, 2.24) is 9.78 Å². The molecule has 1 aromatic heterocycles. The number of hydrogen-bond donors (Lipinski definition) is 1. The molecule has 0 saturated heterocycles. The molecular weight excluding hydrogens is 267 g/mol. The summed E-state index contributed by atoms with van der Waals surface area (Å²) in [6, 6.07) is 6.40. The van der Waals surface area contributed by atoms with E-state index in [4.69, 9.17) is 5.73 Å². The van der Waals surface area contributed by atoms with Gasteiger partial charge in [-0.15, -0.1) is 0 Å². The highest BCUT2D eigenvalue weighted by Crippen LogP contribution is 2.27. The highest BCUT2D eigenvalue weighted by Gasteiger charge is 2.33. The molecule has 0 amide bonds. The van der Waals surface area contributed by atoms with Crippen LogP contribution in [0, 0.1) is 13.8 Å². The minimum Gasteiger partial charge on any atom is -0.322 e. The lowest BCUT2D eigenvalue weighted by atomic mass is 10.00. The Morgan fingerprint density at radius 2 is 1.95 bits per heavy atom. The molecule has 2 rings (SSSR count). The van der Waals surface area contributed by atoms with Gasteiger partial charge in [-0.3, -0.25) is 4.68 Å². The SMILES string of the molecule is Cc1ccc(C(N)Cn2ccc(C(F)(F)F)n2)c(C)c1. The molecule has 0 aliphatic carbocycles. The Hall–Kier alpha value is -1.82. The Bertz CT molecular complexity index is 602. The zero-order chi connectivity index (χ0) is 14.9. The van der Waals surface area contributed by atoms with Crippen LogP contribution >= 0.6 is 0 Å². The third kappa shape index (κ3) is 3.19. The zero-order valence-corrected chi connectivity index (χ0v) is 11.3. The summed E-state index contributed by atoms with van der Waals surface area (Å²) in [7, 11) is 0. The first kappa shape index (κ1) is 14.6. The molecule has 1 unspecified atom stereocenters. The average molecular weight is 283 g/mol. The van der Waals surface area contributed by atoms with E-state index >= 15 is 0 Å². The van der Waals surface area contributed by atoms with Crippen molar-refractivity contribution in [1.29, 1.82) is 0 Å². The van der Waals surface area contributed by atoms with Crippen LogP contribution in [0.2, 0.25) is 0 Å². The highest BCUT2D eigenvalue weighted by molar-refractivity contribution is 5.32. The lowest BCUT2D eigenvalue weighted by Crippen LogP contribution is -2.19.